The fraction of sp³-hybridized carbons (Fsp3) is 0.467. The summed E-state index contributed by atoms with van der Waals surface area (Å²) in [4.78, 5) is 25.8. The van der Waals surface area contributed by atoms with Crippen molar-refractivity contribution in [3.63, 3.8) is 0 Å². The maximum atomic E-state index is 13.8. The molecular weight excluding hydrogens is 289 g/mol. The molecule has 0 saturated carbocycles. The summed E-state index contributed by atoms with van der Waals surface area (Å²) >= 11 is 0. The monoisotopic (exact) mass is 307 g/mol. The Morgan fingerprint density at radius 3 is 2.86 bits per heavy atom. The summed E-state index contributed by atoms with van der Waals surface area (Å²) in [5.41, 5.74) is 0.235. The minimum atomic E-state index is -0.647. The quantitative estimate of drug-likeness (QED) is 0.720. The van der Waals surface area contributed by atoms with Gasteiger partial charge in [0.2, 0.25) is 11.8 Å². The molecule has 7 heteroatoms. The summed E-state index contributed by atoms with van der Waals surface area (Å²) in [6.07, 6.45) is 0.239. The molecule has 1 aromatic carbocycles. The zero-order valence-corrected chi connectivity index (χ0v) is 12.0. The number of aliphatic hydroxyl groups is 1. The summed E-state index contributed by atoms with van der Waals surface area (Å²) in [5, 5.41) is 15.0. The summed E-state index contributed by atoms with van der Waals surface area (Å²) in [7, 11) is 0. The number of hydrogen-bond acceptors (Lipinski definition) is 4. The summed E-state index contributed by atoms with van der Waals surface area (Å²) in [6, 6.07) is 4.96. The second-order valence-electron chi connectivity index (χ2n) is 5.64. The van der Waals surface area contributed by atoms with Crippen molar-refractivity contribution >= 4 is 17.5 Å². The molecule has 6 nitrogen and oxygen atoms in total. The molecule has 118 valence electrons. The Morgan fingerprint density at radius 2 is 2.18 bits per heavy atom. The molecule has 3 N–H and O–H groups in total. The lowest BCUT2D eigenvalue weighted by Gasteiger charge is -2.19. The lowest BCUT2D eigenvalue weighted by Crippen LogP contribution is -2.48. The molecule has 0 spiro atoms. The van der Waals surface area contributed by atoms with Gasteiger partial charge < -0.3 is 20.6 Å². The Hall–Kier alpha value is -1.99. The van der Waals surface area contributed by atoms with Crippen LogP contribution in [0.3, 0.4) is 0 Å². The topological polar surface area (TPSA) is 81.7 Å². The Kier molecular flexibility index (Phi) is 4.08. The van der Waals surface area contributed by atoms with Crippen LogP contribution in [0.15, 0.2) is 24.3 Å². The van der Waals surface area contributed by atoms with Crippen LogP contribution in [0.4, 0.5) is 10.1 Å². The number of rotatable bonds is 3. The van der Waals surface area contributed by atoms with Crippen molar-refractivity contribution in [2.24, 2.45) is 0 Å². The Labute approximate surface area is 127 Å². The standard InChI is InChI=1S/C15H18FN3O3/c16-10-3-1-2-4-13(10)19-6-5-11(15(19)22)18-14(21)12-7-9(20)8-17-12/h1-4,9,11-12,17,20H,5-8H2,(H,18,21). The van der Waals surface area contributed by atoms with E-state index in [9.17, 15) is 19.1 Å². The molecule has 2 amide bonds. The van der Waals surface area contributed by atoms with Crippen molar-refractivity contribution in [2.75, 3.05) is 18.0 Å². The van der Waals surface area contributed by atoms with Gasteiger partial charge in [0.1, 0.15) is 11.9 Å². The number of carbonyl (C=O) groups excluding carboxylic acids is 2. The summed E-state index contributed by atoms with van der Waals surface area (Å²) < 4.78 is 13.8. The number of para-hydroxylation sites is 1. The van der Waals surface area contributed by atoms with Gasteiger partial charge in [0.05, 0.1) is 17.8 Å². The molecule has 22 heavy (non-hydrogen) atoms. The summed E-state index contributed by atoms with van der Waals surface area (Å²) in [5.74, 6) is -1.06. The zero-order chi connectivity index (χ0) is 15.7. The number of nitrogens with one attached hydrogen (secondary N) is 2. The van der Waals surface area contributed by atoms with E-state index in [0.29, 0.717) is 25.9 Å². The van der Waals surface area contributed by atoms with Crippen molar-refractivity contribution in [3.05, 3.63) is 30.1 Å². The van der Waals surface area contributed by atoms with Gasteiger partial charge in [-0.15, -0.1) is 0 Å². The second kappa shape index (κ2) is 6.02. The fourth-order valence-corrected chi connectivity index (χ4v) is 2.91. The third kappa shape index (κ3) is 2.82. The highest BCUT2D eigenvalue weighted by Crippen LogP contribution is 2.24. The zero-order valence-electron chi connectivity index (χ0n) is 12.0. The minimum absolute atomic E-state index is 0.235. The van der Waals surface area contributed by atoms with Crippen LogP contribution in [0, 0.1) is 5.82 Å². The van der Waals surface area contributed by atoms with E-state index in [2.05, 4.69) is 10.6 Å². The molecule has 2 aliphatic heterocycles. The second-order valence-corrected chi connectivity index (χ2v) is 5.64. The first-order valence-electron chi connectivity index (χ1n) is 7.34. The third-order valence-electron chi connectivity index (χ3n) is 4.09. The molecular formula is C15H18FN3O3. The fourth-order valence-electron chi connectivity index (χ4n) is 2.91. The smallest absolute Gasteiger partial charge is 0.249 e. The van der Waals surface area contributed by atoms with Crippen LogP contribution in [-0.4, -0.2) is 48.2 Å². The van der Waals surface area contributed by atoms with Crippen LogP contribution in [0.2, 0.25) is 0 Å². The molecule has 3 atom stereocenters. The highest BCUT2D eigenvalue weighted by Gasteiger charge is 2.37. The number of benzene rings is 1. The van der Waals surface area contributed by atoms with Crippen LogP contribution in [0.25, 0.3) is 0 Å². The average Bonchev–Trinajstić information content (AvgIpc) is 3.07. The van der Waals surface area contributed by atoms with Crippen molar-refractivity contribution in [2.45, 2.75) is 31.0 Å². The first kappa shape index (κ1) is 14.9. The van der Waals surface area contributed by atoms with Gasteiger partial charge in [-0.3, -0.25) is 9.59 Å². The first-order chi connectivity index (χ1) is 10.6. The number of hydrogen-bond donors (Lipinski definition) is 3. The number of carbonyl (C=O) groups is 2. The van der Waals surface area contributed by atoms with Crippen molar-refractivity contribution < 1.29 is 19.1 Å². The van der Waals surface area contributed by atoms with Gasteiger partial charge in [-0.1, -0.05) is 12.1 Å². The van der Waals surface area contributed by atoms with E-state index in [0.717, 1.165) is 0 Å². The molecule has 2 fully saturated rings. The van der Waals surface area contributed by atoms with E-state index in [1.807, 2.05) is 0 Å². The van der Waals surface area contributed by atoms with Crippen LogP contribution >= 0.6 is 0 Å². The third-order valence-corrected chi connectivity index (χ3v) is 4.09. The Balaban J connectivity index is 1.64. The maximum Gasteiger partial charge on any atom is 0.249 e. The lowest BCUT2D eigenvalue weighted by atomic mass is 10.1. The van der Waals surface area contributed by atoms with E-state index in [1.165, 1.54) is 11.0 Å². The van der Waals surface area contributed by atoms with E-state index in [-0.39, 0.29) is 17.5 Å². The molecule has 2 saturated heterocycles. The van der Waals surface area contributed by atoms with E-state index < -0.39 is 24.0 Å². The summed E-state index contributed by atoms with van der Waals surface area (Å²) in [6.45, 7) is 0.740. The maximum absolute atomic E-state index is 13.8. The van der Waals surface area contributed by atoms with Gasteiger partial charge in [-0.25, -0.2) is 4.39 Å². The van der Waals surface area contributed by atoms with Gasteiger partial charge in [-0.2, -0.15) is 0 Å². The molecule has 0 bridgehead atoms. The molecule has 2 aliphatic rings. The van der Waals surface area contributed by atoms with E-state index in [4.69, 9.17) is 0 Å². The minimum Gasteiger partial charge on any atom is -0.392 e. The van der Waals surface area contributed by atoms with Gasteiger partial charge in [0.15, 0.2) is 0 Å². The first-order valence-corrected chi connectivity index (χ1v) is 7.34. The van der Waals surface area contributed by atoms with Gasteiger partial charge in [-0.05, 0) is 25.0 Å². The highest BCUT2D eigenvalue weighted by atomic mass is 19.1. The average molecular weight is 307 g/mol. The van der Waals surface area contributed by atoms with Crippen molar-refractivity contribution in [1.29, 1.82) is 0 Å². The Morgan fingerprint density at radius 1 is 1.41 bits per heavy atom. The SMILES string of the molecule is O=C(NC1CCN(c2ccccc2F)C1=O)C1CC(O)CN1. The molecule has 2 heterocycles. The molecule has 0 radical (unpaired) electrons. The van der Waals surface area contributed by atoms with Gasteiger partial charge in [0.25, 0.3) is 0 Å². The number of β-amino-alcohol motifs (C(OH)–C–C–N with tert-alkyl or cyclic N) is 1. The van der Waals surface area contributed by atoms with Crippen LogP contribution in [-0.2, 0) is 9.59 Å². The number of halogens is 1. The van der Waals surface area contributed by atoms with E-state index >= 15 is 0 Å². The number of nitrogens with zero attached hydrogens (tertiary/aromatic N) is 1. The predicted octanol–water partition coefficient (Wildman–Crippen LogP) is -0.230. The van der Waals surface area contributed by atoms with Gasteiger partial charge in [0, 0.05) is 13.1 Å². The van der Waals surface area contributed by atoms with Crippen molar-refractivity contribution in [3.8, 4) is 0 Å². The van der Waals surface area contributed by atoms with Crippen molar-refractivity contribution in [1.82, 2.24) is 10.6 Å². The normalized spacial score (nSPS) is 28.2. The van der Waals surface area contributed by atoms with Crippen LogP contribution in [0.5, 0.6) is 0 Å². The molecule has 1 aromatic rings. The molecule has 3 rings (SSSR count). The highest BCUT2D eigenvalue weighted by molar-refractivity contribution is 6.01. The molecule has 0 aromatic heterocycles. The number of amides is 2. The number of aliphatic hydroxyl groups excluding tert-OH is 1. The van der Waals surface area contributed by atoms with Crippen LogP contribution in [0.1, 0.15) is 12.8 Å². The van der Waals surface area contributed by atoms with E-state index in [1.54, 1.807) is 18.2 Å². The lowest BCUT2D eigenvalue weighted by molar-refractivity contribution is -0.127. The number of anilines is 1. The largest absolute Gasteiger partial charge is 0.392 e. The molecule has 0 aliphatic carbocycles. The van der Waals surface area contributed by atoms with Gasteiger partial charge >= 0.3 is 0 Å². The predicted molar refractivity (Wildman–Crippen MR) is 77.7 cm³/mol. The Bertz CT molecular complexity index is 595. The molecule has 3 unspecified atom stereocenters. The van der Waals surface area contributed by atoms with Crippen LogP contribution < -0.4 is 15.5 Å².